The third-order valence-corrected chi connectivity index (χ3v) is 5.95. The lowest BCUT2D eigenvalue weighted by atomic mass is 9.97. The molecule has 0 heterocycles. The molecule has 2 aromatic rings. The zero-order valence-corrected chi connectivity index (χ0v) is 18.6. The molecule has 0 aromatic heterocycles. The first-order valence-corrected chi connectivity index (χ1v) is 10.9. The van der Waals surface area contributed by atoms with E-state index in [1.165, 1.54) is 25.7 Å². The van der Waals surface area contributed by atoms with Crippen LogP contribution in [0.15, 0.2) is 52.5 Å². The number of benzene rings is 2. The number of nitrogens with one attached hydrogen (secondary N) is 1. The number of ether oxygens (including phenoxy) is 2. The first kappa shape index (κ1) is 21.2. The van der Waals surface area contributed by atoms with Crippen LogP contribution in [0.2, 0.25) is 5.02 Å². The number of halogens is 2. The molecule has 1 N–H and O–H groups in total. The van der Waals surface area contributed by atoms with Crippen molar-refractivity contribution in [3.63, 3.8) is 0 Å². The minimum atomic E-state index is 0.465. The van der Waals surface area contributed by atoms with Crippen LogP contribution in [0.5, 0.6) is 11.5 Å². The van der Waals surface area contributed by atoms with Crippen LogP contribution in [0.3, 0.4) is 0 Å². The Morgan fingerprint density at radius 2 is 1.93 bits per heavy atom. The van der Waals surface area contributed by atoms with E-state index in [4.69, 9.17) is 21.1 Å². The van der Waals surface area contributed by atoms with Crippen molar-refractivity contribution in [3.8, 4) is 11.5 Å². The summed E-state index contributed by atoms with van der Waals surface area (Å²) >= 11 is 9.61. The normalized spacial score (nSPS) is 13.9. The summed E-state index contributed by atoms with van der Waals surface area (Å²) in [5, 5.41) is 4.27. The monoisotopic (exact) mass is 463 g/mol. The molecule has 150 valence electrons. The Kier molecular flexibility index (Phi) is 8.26. The molecule has 3 nitrogen and oxygen atoms in total. The number of hydrogen-bond donors (Lipinski definition) is 1. The summed E-state index contributed by atoms with van der Waals surface area (Å²) in [6, 6.07) is 11.7. The molecule has 0 bridgehead atoms. The van der Waals surface area contributed by atoms with Crippen LogP contribution in [-0.2, 0) is 13.2 Å². The van der Waals surface area contributed by atoms with E-state index in [0.29, 0.717) is 6.61 Å². The Balaban J connectivity index is 1.55. The molecule has 0 atom stereocenters. The quantitative estimate of drug-likeness (QED) is 0.332. The average Bonchev–Trinajstić information content (AvgIpc) is 2.72. The second-order valence-electron chi connectivity index (χ2n) is 7.04. The van der Waals surface area contributed by atoms with Gasteiger partial charge in [0.25, 0.3) is 0 Å². The minimum absolute atomic E-state index is 0.465. The predicted molar refractivity (Wildman–Crippen MR) is 119 cm³/mol. The van der Waals surface area contributed by atoms with E-state index >= 15 is 0 Å². The van der Waals surface area contributed by atoms with E-state index in [1.54, 1.807) is 12.7 Å². The van der Waals surface area contributed by atoms with Crippen LogP contribution in [0.25, 0.3) is 0 Å². The highest BCUT2D eigenvalue weighted by Gasteiger charge is 2.11. The molecule has 0 spiro atoms. The van der Waals surface area contributed by atoms with Gasteiger partial charge in [0.05, 0.1) is 7.11 Å². The summed E-state index contributed by atoms with van der Waals surface area (Å²) in [4.78, 5) is 0. The van der Waals surface area contributed by atoms with Crippen molar-refractivity contribution in [2.45, 2.75) is 45.3 Å². The van der Waals surface area contributed by atoms with Crippen molar-refractivity contribution in [3.05, 3.63) is 68.7 Å². The van der Waals surface area contributed by atoms with E-state index in [9.17, 15) is 0 Å². The second kappa shape index (κ2) is 10.9. The molecule has 0 unspecified atom stereocenters. The maximum Gasteiger partial charge on any atom is 0.162 e. The predicted octanol–water partition coefficient (Wildman–Crippen LogP) is 6.67. The average molecular weight is 465 g/mol. The lowest BCUT2D eigenvalue weighted by molar-refractivity contribution is 0.284. The second-order valence-corrected chi connectivity index (χ2v) is 8.34. The zero-order chi connectivity index (χ0) is 19.8. The first-order valence-electron chi connectivity index (χ1n) is 9.78. The Morgan fingerprint density at radius 1 is 1.11 bits per heavy atom. The molecule has 28 heavy (non-hydrogen) atoms. The van der Waals surface area contributed by atoms with Crippen LogP contribution in [-0.4, -0.2) is 13.7 Å². The Bertz CT molecular complexity index is 805. The standard InChI is InChI=1S/C23H27BrClNO2/c1-27-22-13-19(15-26-12-11-17-5-3-2-4-6-17)21(24)14-23(22)28-16-18-7-9-20(25)10-8-18/h5,7-10,13-14,26H,2-4,6,11-12,15-16H2,1H3. The van der Waals surface area contributed by atoms with Crippen LogP contribution in [0.4, 0.5) is 0 Å². The van der Waals surface area contributed by atoms with E-state index < -0.39 is 0 Å². The number of rotatable bonds is 9. The lowest BCUT2D eigenvalue weighted by Crippen LogP contribution is -2.16. The van der Waals surface area contributed by atoms with Gasteiger partial charge in [-0.1, -0.05) is 51.3 Å². The van der Waals surface area contributed by atoms with Crippen molar-refractivity contribution in [2.24, 2.45) is 0 Å². The molecule has 3 rings (SSSR count). The molecule has 0 amide bonds. The highest BCUT2D eigenvalue weighted by molar-refractivity contribution is 9.10. The molecule has 1 aliphatic carbocycles. The van der Waals surface area contributed by atoms with Crippen LogP contribution in [0.1, 0.15) is 43.2 Å². The van der Waals surface area contributed by atoms with Gasteiger partial charge in [-0.15, -0.1) is 0 Å². The first-order chi connectivity index (χ1) is 13.7. The highest BCUT2D eigenvalue weighted by Crippen LogP contribution is 2.34. The number of hydrogen-bond acceptors (Lipinski definition) is 3. The lowest BCUT2D eigenvalue weighted by Gasteiger charge is -2.15. The fourth-order valence-corrected chi connectivity index (χ4v) is 3.92. The molecule has 0 saturated heterocycles. The molecule has 0 saturated carbocycles. The molecule has 0 fully saturated rings. The summed E-state index contributed by atoms with van der Waals surface area (Å²) < 4.78 is 12.5. The molecule has 1 aliphatic rings. The summed E-state index contributed by atoms with van der Waals surface area (Å²) in [5.74, 6) is 1.46. The van der Waals surface area contributed by atoms with Gasteiger partial charge in [-0.05, 0) is 74.0 Å². The smallest absolute Gasteiger partial charge is 0.162 e. The number of allylic oxidation sites excluding steroid dienone is 1. The van der Waals surface area contributed by atoms with Gasteiger partial charge in [-0.2, -0.15) is 0 Å². The maximum atomic E-state index is 5.97. The van der Waals surface area contributed by atoms with E-state index in [0.717, 1.165) is 51.6 Å². The van der Waals surface area contributed by atoms with Gasteiger partial charge in [0.1, 0.15) is 6.61 Å². The van der Waals surface area contributed by atoms with Crippen LogP contribution < -0.4 is 14.8 Å². The third kappa shape index (κ3) is 6.26. The summed E-state index contributed by atoms with van der Waals surface area (Å²) in [6.07, 6.45) is 8.74. The van der Waals surface area contributed by atoms with Crippen molar-refractivity contribution in [2.75, 3.05) is 13.7 Å². The molecule has 5 heteroatoms. The summed E-state index contributed by atoms with van der Waals surface area (Å²) in [5.41, 5.74) is 3.82. The Hall–Kier alpha value is -1.49. The highest BCUT2D eigenvalue weighted by atomic mass is 79.9. The van der Waals surface area contributed by atoms with Crippen molar-refractivity contribution in [1.82, 2.24) is 5.32 Å². The van der Waals surface area contributed by atoms with E-state index in [-0.39, 0.29) is 0 Å². The maximum absolute atomic E-state index is 5.97. The summed E-state index contributed by atoms with van der Waals surface area (Å²) in [7, 11) is 1.67. The van der Waals surface area contributed by atoms with Gasteiger partial charge < -0.3 is 14.8 Å². The van der Waals surface area contributed by atoms with Crippen LogP contribution >= 0.6 is 27.5 Å². The van der Waals surface area contributed by atoms with Gasteiger partial charge in [0.2, 0.25) is 0 Å². The third-order valence-electron chi connectivity index (χ3n) is 4.96. The van der Waals surface area contributed by atoms with E-state index in [2.05, 4.69) is 27.3 Å². The molecular formula is C23H27BrClNO2. The van der Waals surface area contributed by atoms with Crippen molar-refractivity contribution < 1.29 is 9.47 Å². The number of methoxy groups -OCH3 is 1. The Labute approximate surface area is 181 Å². The topological polar surface area (TPSA) is 30.5 Å². The Morgan fingerprint density at radius 3 is 2.64 bits per heavy atom. The SMILES string of the molecule is COc1cc(CNCCC2=CCCCC2)c(Br)cc1OCc1ccc(Cl)cc1. The van der Waals surface area contributed by atoms with Gasteiger partial charge in [-0.25, -0.2) is 0 Å². The van der Waals surface area contributed by atoms with Crippen molar-refractivity contribution in [1.29, 1.82) is 0 Å². The van der Waals surface area contributed by atoms with Crippen molar-refractivity contribution >= 4 is 27.5 Å². The minimum Gasteiger partial charge on any atom is -0.493 e. The molecule has 0 aliphatic heterocycles. The fraction of sp³-hybridized carbons (Fsp3) is 0.391. The fourth-order valence-electron chi connectivity index (χ4n) is 3.33. The van der Waals surface area contributed by atoms with Gasteiger partial charge in [-0.3, -0.25) is 0 Å². The summed E-state index contributed by atoms with van der Waals surface area (Å²) in [6.45, 7) is 2.25. The largest absolute Gasteiger partial charge is 0.493 e. The van der Waals surface area contributed by atoms with E-state index in [1.807, 2.05) is 36.4 Å². The molecular weight excluding hydrogens is 438 g/mol. The zero-order valence-electron chi connectivity index (χ0n) is 16.3. The van der Waals surface area contributed by atoms with Gasteiger partial charge >= 0.3 is 0 Å². The van der Waals surface area contributed by atoms with Gasteiger partial charge in [0, 0.05) is 16.0 Å². The molecule has 2 aromatic carbocycles. The van der Waals surface area contributed by atoms with Gasteiger partial charge in [0.15, 0.2) is 11.5 Å². The molecule has 0 radical (unpaired) electrons. The van der Waals surface area contributed by atoms with Crippen LogP contribution in [0, 0.1) is 0 Å².